The van der Waals surface area contributed by atoms with Gasteiger partial charge in [-0.3, -0.25) is 0 Å². The summed E-state index contributed by atoms with van der Waals surface area (Å²) in [6, 6.07) is 133. The summed E-state index contributed by atoms with van der Waals surface area (Å²) < 4.78 is 32.6. The summed E-state index contributed by atoms with van der Waals surface area (Å²) in [7, 11) is 0. The number of aromatic nitrogens is 16. The topological polar surface area (TPSA) is 292 Å². The van der Waals surface area contributed by atoms with Gasteiger partial charge in [0.1, 0.15) is 23.0 Å². The Bertz CT molecular complexity index is 9230. The summed E-state index contributed by atoms with van der Waals surface area (Å²) in [6.45, 7) is 15.4. The highest BCUT2D eigenvalue weighted by Crippen LogP contribution is 2.45. The van der Waals surface area contributed by atoms with E-state index in [0.29, 0.717) is 68.8 Å². The van der Waals surface area contributed by atoms with Gasteiger partial charge in [0.15, 0.2) is 46.6 Å². The van der Waals surface area contributed by atoms with Gasteiger partial charge in [0.25, 0.3) is 0 Å². The monoisotopic (exact) mass is 1940 g/mol. The van der Waals surface area contributed by atoms with Crippen molar-refractivity contribution < 1.29 is 39.4 Å². The summed E-state index contributed by atoms with van der Waals surface area (Å²) >= 11 is 0. The molecule has 24 nitrogen and oxygen atoms in total. The van der Waals surface area contributed by atoms with Gasteiger partial charge in [-0.15, -0.1) is 0 Å². The highest BCUT2D eigenvalue weighted by molar-refractivity contribution is 6.18. The second-order valence-electron chi connectivity index (χ2n) is 36.6. The minimum atomic E-state index is -0.121. The lowest BCUT2D eigenvalue weighted by Gasteiger charge is -2.13. The number of hydrogen-bond acceptors (Lipinski definition) is 20. The molecule has 24 heteroatoms. The fraction of sp³-hybridized carbons (Fsp3) is 0.0968. The number of para-hydroxylation sites is 12. The average Bonchev–Trinajstić information content (AvgIpc) is 1.59. The fourth-order valence-electron chi connectivity index (χ4n) is 18.9. The largest absolute Gasteiger partial charge is 0.507 e. The van der Waals surface area contributed by atoms with Crippen LogP contribution in [-0.4, -0.2) is 123 Å². The van der Waals surface area contributed by atoms with E-state index in [1.165, 1.54) is 16.2 Å². The van der Waals surface area contributed by atoms with Crippen molar-refractivity contribution in [1.82, 2.24) is 78.1 Å². The third kappa shape index (κ3) is 18.7. The smallest absolute Gasteiger partial charge is 0.320 e. The van der Waals surface area contributed by atoms with Crippen LogP contribution in [0.5, 0.6) is 47.0 Å². The highest BCUT2D eigenvalue weighted by atomic mass is 16.5. The van der Waals surface area contributed by atoms with Crippen molar-refractivity contribution in [2.24, 2.45) is 0 Å². The van der Waals surface area contributed by atoms with E-state index in [4.69, 9.17) is 48.9 Å². The van der Waals surface area contributed by atoms with Crippen molar-refractivity contribution >= 4 is 98.0 Å². The number of nitrogens with zero attached hydrogens (tertiary/aromatic N) is 16. The number of fused-ring (bicyclic) bond motifs is 13. The molecule has 0 unspecified atom stereocenters. The fourth-order valence-corrected chi connectivity index (χ4v) is 18.9. The summed E-state index contributed by atoms with van der Waals surface area (Å²) in [5.74, 6) is 3.75. The van der Waals surface area contributed by atoms with Crippen LogP contribution in [0, 0.1) is 0 Å². The number of benzene rings is 17. The third-order valence-corrected chi connectivity index (χ3v) is 25.2. The Kier molecular flexibility index (Phi) is 25.7. The molecule has 0 spiro atoms. The number of hydrogen-bond donors (Lipinski definition) is 4. The van der Waals surface area contributed by atoms with Gasteiger partial charge < -0.3 is 57.6 Å². The minimum absolute atomic E-state index is 0.0988. The van der Waals surface area contributed by atoms with Crippen molar-refractivity contribution in [2.45, 2.75) is 79.8 Å². The summed E-state index contributed by atoms with van der Waals surface area (Å²) in [5.41, 5.74) is 18.4. The molecule has 722 valence electrons. The molecule has 25 aromatic rings. The van der Waals surface area contributed by atoms with E-state index < -0.39 is 0 Å². The molecule has 0 aliphatic rings. The van der Waals surface area contributed by atoms with Gasteiger partial charge >= 0.3 is 24.0 Å². The maximum atomic E-state index is 10.5. The lowest BCUT2D eigenvalue weighted by atomic mass is 10.0. The Morgan fingerprint density at radius 2 is 0.466 bits per heavy atom. The van der Waals surface area contributed by atoms with Crippen LogP contribution in [0.2, 0.25) is 0 Å². The molecule has 25 rings (SSSR count). The van der Waals surface area contributed by atoms with Crippen molar-refractivity contribution in [2.75, 3.05) is 0 Å². The first-order valence-electron chi connectivity index (χ1n) is 49.0. The Labute approximate surface area is 851 Å². The Hall–Kier alpha value is -19.4. The molecule has 0 aliphatic carbocycles. The Morgan fingerprint density at radius 1 is 0.189 bits per heavy atom. The van der Waals surface area contributed by atoms with Crippen LogP contribution in [0.25, 0.3) is 212 Å². The zero-order valence-electron chi connectivity index (χ0n) is 82.0. The molecule has 0 bridgehead atoms. The molecule has 0 saturated heterocycles. The maximum Gasteiger partial charge on any atom is 0.320 e. The van der Waals surface area contributed by atoms with E-state index in [1.54, 1.807) is 72.8 Å². The normalized spacial score (nSPS) is 11.5. The molecular formula is C124H98N16O8. The van der Waals surface area contributed by atoms with Gasteiger partial charge in [-0.25, -0.2) is 19.9 Å². The van der Waals surface area contributed by atoms with E-state index >= 15 is 0 Å². The minimum Gasteiger partial charge on any atom is -0.507 e. The predicted molar refractivity (Wildman–Crippen MR) is 587 cm³/mol. The summed E-state index contributed by atoms with van der Waals surface area (Å²) in [6.07, 6.45) is -0.468. The number of rotatable bonds is 20. The molecule has 0 fully saturated rings. The van der Waals surface area contributed by atoms with Gasteiger partial charge in [-0.1, -0.05) is 237 Å². The van der Waals surface area contributed by atoms with E-state index in [0.717, 1.165) is 127 Å². The van der Waals surface area contributed by atoms with E-state index in [2.05, 4.69) is 236 Å². The molecule has 0 atom stereocenters. The van der Waals surface area contributed by atoms with Gasteiger partial charge in [-0.2, -0.15) is 39.9 Å². The second-order valence-corrected chi connectivity index (χ2v) is 36.6. The number of ether oxygens (including phenoxy) is 4. The molecule has 8 aromatic heterocycles. The molecule has 4 N–H and O–H groups in total. The molecule has 0 saturated carbocycles. The van der Waals surface area contributed by atoms with Crippen LogP contribution in [0.1, 0.15) is 55.4 Å². The SMILES string of the molecule is CC(C)Oc1nc(-c2ccc3c(c2)c2cc4ccccc4cc2n3-c2ccccc2)nc(-c2ccccc2O)n1.CC(C)Oc1nc(-c2ccc3c4ccccc4n(-c4ccccc4)c3c2)nc(-c2ccccc2O)n1.CC(C)Oc1nc(-c2ccccc2O)nc(-c2cccc3c2c2ccccc2n3-c2ccccc2)n1.CC(C)Oc1nc(-c2ccccc2O)nc(-c2cccc3c4ccccc4n(-c4ccccc4)c23)n1. The zero-order valence-corrected chi connectivity index (χ0v) is 82.0. The van der Waals surface area contributed by atoms with Crippen LogP contribution in [-0.2, 0) is 0 Å². The van der Waals surface area contributed by atoms with E-state index in [-0.39, 0.29) is 71.5 Å². The average molecular weight is 1940 g/mol. The third-order valence-electron chi connectivity index (χ3n) is 25.2. The van der Waals surface area contributed by atoms with Gasteiger partial charge in [-0.05, 0) is 230 Å². The molecular weight excluding hydrogens is 1840 g/mol. The van der Waals surface area contributed by atoms with Crippen molar-refractivity contribution in [3.8, 4) is 161 Å². The van der Waals surface area contributed by atoms with E-state index in [1.807, 2.05) is 195 Å². The highest BCUT2D eigenvalue weighted by Gasteiger charge is 2.28. The summed E-state index contributed by atoms with van der Waals surface area (Å²) in [5, 5.41) is 53.3. The zero-order chi connectivity index (χ0) is 101. The summed E-state index contributed by atoms with van der Waals surface area (Å²) in [4.78, 5) is 55.9. The molecule has 0 amide bonds. The lowest BCUT2D eigenvalue weighted by molar-refractivity contribution is 0.221. The molecule has 148 heavy (non-hydrogen) atoms. The number of phenols is 4. The number of phenolic OH excluding ortho intramolecular Hbond substituents is 4. The van der Waals surface area contributed by atoms with Crippen LogP contribution in [0.15, 0.2) is 400 Å². The van der Waals surface area contributed by atoms with Crippen molar-refractivity contribution in [3.63, 3.8) is 0 Å². The first-order chi connectivity index (χ1) is 72.3. The molecule has 17 aromatic carbocycles. The van der Waals surface area contributed by atoms with Crippen LogP contribution < -0.4 is 18.9 Å². The molecule has 0 aliphatic heterocycles. The van der Waals surface area contributed by atoms with Gasteiger partial charge in [0.2, 0.25) is 0 Å². The lowest BCUT2D eigenvalue weighted by Crippen LogP contribution is -2.10. The van der Waals surface area contributed by atoms with Crippen LogP contribution >= 0.6 is 0 Å². The maximum absolute atomic E-state index is 10.5. The quantitative estimate of drug-likeness (QED) is 0.0551. The Morgan fingerprint density at radius 3 is 0.912 bits per heavy atom. The van der Waals surface area contributed by atoms with Crippen molar-refractivity contribution in [1.29, 1.82) is 0 Å². The first kappa shape index (κ1) is 93.6. The second kappa shape index (κ2) is 40.6. The standard InChI is InChI=1S/C34H26N4O2.3C30H24N4O2/c1-21(2)40-34-36-32(35-33(37-34)26-14-8-9-15-31(26)39)24-16-17-29-27(19-24)28-18-22-10-6-7-11-23(22)20-30(28)38(29)25-12-4-3-5-13-25;1-19(2)36-30-32-28(23-14-7-9-18-26(23)35)31-29(33-30)24-16-10-15-22-21-13-6-8-17-25(21)34(27(22)24)20-11-4-3-5-12-20;1-19(2)36-30-32-28(22-14-7-9-18-26(22)35)31-29(33-30)23-15-10-17-25-27(23)21-13-6-8-16-24(21)34(25)20-11-4-3-5-12-20;1-19(2)36-30-32-28(31-29(33-30)24-13-7-9-15-27(24)35)20-16-17-23-22-12-6-8-14-25(22)34(26(23)18-20)21-10-4-3-5-11-21/h3-21,39H,1-2H3;3*3-19,35H,1-2H3. The van der Waals surface area contributed by atoms with E-state index in [9.17, 15) is 20.4 Å². The molecule has 0 radical (unpaired) electrons. The Balaban J connectivity index is 0.000000112. The van der Waals surface area contributed by atoms with Crippen LogP contribution in [0.3, 0.4) is 0 Å². The van der Waals surface area contributed by atoms with Crippen LogP contribution in [0.4, 0.5) is 0 Å². The number of aromatic hydroxyl groups is 4. The van der Waals surface area contributed by atoms with Gasteiger partial charge in [0.05, 0.1) is 90.8 Å². The van der Waals surface area contributed by atoms with Gasteiger partial charge in [0, 0.05) is 88.1 Å². The first-order valence-corrected chi connectivity index (χ1v) is 49.0. The van der Waals surface area contributed by atoms with Crippen molar-refractivity contribution in [3.05, 3.63) is 400 Å². The molecule has 8 heterocycles. The predicted octanol–water partition coefficient (Wildman–Crippen LogP) is 28.3.